The lowest BCUT2D eigenvalue weighted by atomic mass is 10.2. The second-order valence-electron chi connectivity index (χ2n) is 6.62. The molecule has 0 fully saturated rings. The highest BCUT2D eigenvalue weighted by atomic mass is 35.5. The zero-order valence-electron chi connectivity index (χ0n) is 16.5. The average Bonchev–Trinajstić information content (AvgIpc) is 3.03. The van der Waals surface area contributed by atoms with Gasteiger partial charge in [0.2, 0.25) is 0 Å². The fraction of sp³-hybridized carbons (Fsp3) is 0.143. The monoisotopic (exact) mass is 456 g/mol. The number of carbonyl (C=O) groups excluding carboxylic acids is 1. The predicted octanol–water partition coefficient (Wildman–Crippen LogP) is 3.73. The first-order valence-electron chi connectivity index (χ1n) is 9.33. The Kier molecular flexibility index (Phi) is 6.03. The first-order chi connectivity index (χ1) is 15.0. The van der Waals surface area contributed by atoms with Crippen LogP contribution in [-0.2, 0) is 4.74 Å². The van der Waals surface area contributed by atoms with E-state index in [9.17, 15) is 4.79 Å². The standard InChI is InChI=1S/C21H18Cl2N6O2/c1-31-9-8-25-21(30)17-18-20(28-16-5-3-2-4-15(16)27-18)29(19(17)24)26-11-12-6-7-13(22)14(23)10-12/h2-7,10-11H,8-9,24H2,1H3,(H,25,30)/b26-11+. The highest BCUT2D eigenvalue weighted by molar-refractivity contribution is 6.42. The molecule has 0 saturated heterocycles. The predicted molar refractivity (Wildman–Crippen MR) is 123 cm³/mol. The van der Waals surface area contributed by atoms with Crippen molar-refractivity contribution in [2.75, 3.05) is 26.0 Å². The summed E-state index contributed by atoms with van der Waals surface area (Å²) in [5, 5.41) is 8.06. The molecule has 0 saturated carbocycles. The average molecular weight is 457 g/mol. The van der Waals surface area contributed by atoms with Crippen molar-refractivity contribution >= 4 is 63.3 Å². The Hall–Kier alpha value is -3.20. The molecular weight excluding hydrogens is 439 g/mol. The number of ether oxygens (including phenoxy) is 1. The van der Waals surface area contributed by atoms with Gasteiger partial charge in [0.05, 0.1) is 33.9 Å². The van der Waals surface area contributed by atoms with Crippen molar-refractivity contribution in [2.24, 2.45) is 5.10 Å². The molecule has 0 aliphatic carbocycles. The molecule has 4 rings (SSSR count). The number of hydrogen-bond acceptors (Lipinski definition) is 6. The zero-order valence-corrected chi connectivity index (χ0v) is 18.0. The van der Waals surface area contributed by atoms with Crippen molar-refractivity contribution in [3.05, 3.63) is 63.6 Å². The van der Waals surface area contributed by atoms with Crippen LogP contribution in [0.3, 0.4) is 0 Å². The quantitative estimate of drug-likeness (QED) is 0.339. The minimum Gasteiger partial charge on any atom is -0.383 e. The number of benzene rings is 2. The molecule has 0 atom stereocenters. The Morgan fingerprint density at radius 1 is 1.19 bits per heavy atom. The smallest absolute Gasteiger partial charge is 0.257 e. The molecule has 0 aliphatic heterocycles. The van der Waals surface area contributed by atoms with Crippen LogP contribution >= 0.6 is 23.2 Å². The van der Waals surface area contributed by atoms with E-state index in [2.05, 4.69) is 20.4 Å². The lowest BCUT2D eigenvalue weighted by molar-refractivity contribution is 0.0939. The maximum Gasteiger partial charge on any atom is 0.257 e. The molecule has 0 unspecified atom stereocenters. The second-order valence-corrected chi connectivity index (χ2v) is 7.44. The molecule has 10 heteroatoms. The zero-order chi connectivity index (χ0) is 22.0. The summed E-state index contributed by atoms with van der Waals surface area (Å²) in [4.78, 5) is 22.1. The van der Waals surface area contributed by atoms with E-state index in [1.165, 1.54) is 4.68 Å². The molecule has 2 aromatic heterocycles. The summed E-state index contributed by atoms with van der Waals surface area (Å²) >= 11 is 12.1. The van der Waals surface area contributed by atoms with Crippen molar-refractivity contribution in [2.45, 2.75) is 0 Å². The van der Waals surface area contributed by atoms with Crippen molar-refractivity contribution < 1.29 is 9.53 Å². The molecule has 0 spiro atoms. The van der Waals surface area contributed by atoms with Gasteiger partial charge in [-0.1, -0.05) is 41.4 Å². The molecule has 31 heavy (non-hydrogen) atoms. The highest BCUT2D eigenvalue weighted by Gasteiger charge is 2.23. The van der Waals surface area contributed by atoms with E-state index in [1.54, 1.807) is 31.5 Å². The van der Waals surface area contributed by atoms with Crippen LogP contribution in [0.4, 0.5) is 5.82 Å². The summed E-state index contributed by atoms with van der Waals surface area (Å²) in [5.74, 6) is -0.260. The molecule has 0 radical (unpaired) electrons. The third-order valence-electron chi connectivity index (χ3n) is 4.56. The molecule has 158 valence electrons. The van der Waals surface area contributed by atoms with E-state index >= 15 is 0 Å². The summed E-state index contributed by atoms with van der Waals surface area (Å²) < 4.78 is 6.38. The van der Waals surface area contributed by atoms with Crippen molar-refractivity contribution in [3.63, 3.8) is 0 Å². The van der Waals surface area contributed by atoms with Gasteiger partial charge in [0.15, 0.2) is 5.65 Å². The summed E-state index contributed by atoms with van der Waals surface area (Å²) in [6.45, 7) is 0.698. The van der Waals surface area contributed by atoms with Crippen molar-refractivity contribution in [1.82, 2.24) is 20.0 Å². The number of methoxy groups -OCH3 is 1. The number of halogens is 2. The lowest BCUT2D eigenvalue weighted by Crippen LogP contribution is -2.27. The molecule has 4 aromatic rings. The number of fused-ring (bicyclic) bond motifs is 2. The van der Waals surface area contributed by atoms with Crippen molar-refractivity contribution in [3.8, 4) is 0 Å². The van der Waals surface area contributed by atoms with Gasteiger partial charge >= 0.3 is 0 Å². The normalized spacial score (nSPS) is 11.6. The van der Waals surface area contributed by atoms with Crippen LogP contribution in [0.15, 0.2) is 47.6 Å². The van der Waals surface area contributed by atoms with E-state index in [4.69, 9.17) is 33.7 Å². The fourth-order valence-corrected chi connectivity index (χ4v) is 3.37. The number of hydrogen-bond donors (Lipinski definition) is 2. The number of nitrogens with zero attached hydrogens (tertiary/aromatic N) is 4. The van der Waals surface area contributed by atoms with Crippen molar-refractivity contribution in [1.29, 1.82) is 0 Å². The number of amides is 1. The molecule has 2 aromatic carbocycles. The number of carbonyl (C=O) groups is 1. The Labute approximate surface area is 187 Å². The third kappa shape index (κ3) is 4.18. The highest BCUT2D eigenvalue weighted by Crippen LogP contribution is 2.28. The van der Waals surface area contributed by atoms with Gasteiger partial charge in [-0.05, 0) is 29.8 Å². The minimum absolute atomic E-state index is 0.122. The second kappa shape index (κ2) is 8.89. The molecule has 8 nitrogen and oxygen atoms in total. The number of nitrogens with one attached hydrogen (secondary N) is 1. The van der Waals surface area contributed by atoms with Crippen LogP contribution in [-0.4, -0.2) is 47.0 Å². The number of para-hydroxylation sites is 2. The van der Waals surface area contributed by atoms with Crippen LogP contribution in [0.2, 0.25) is 10.0 Å². The topological polar surface area (TPSA) is 107 Å². The molecule has 0 aliphatic rings. The van der Waals surface area contributed by atoms with Gasteiger partial charge in [-0.25, -0.2) is 9.97 Å². The van der Waals surface area contributed by atoms with Crippen LogP contribution in [0, 0.1) is 0 Å². The fourth-order valence-electron chi connectivity index (χ4n) is 3.06. The first-order valence-corrected chi connectivity index (χ1v) is 10.1. The first kappa shape index (κ1) is 21.0. The van der Waals surface area contributed by atoms with Gasteiger partial charge in [0.25, 0.3) is 5.91 Å². The number of rotatable bonds is 6. The van der Waals surface area contributed by atoms with E-state index in [0.717, 1.165) is 0 Å². The van der Waals surface area contributed by atoms with E-state index < -0.39 is 0 Å². The van der Waals surface area contributed by atoms with Crippen LogP contribution < -0.4 is 11.1 Å². The molecule has 1 amide bonds. The van der Waals surface area contributed by atoms with Gasteiger partial charge < -0.3 is 15.8 Å². The lowest BCUT2D eigenvalue weighted by Gasteiger charge is -2.04. The van der Waals surface area contributed by atoms with Crippen LogP contribution in [0.1, 0.15) is 15.9 Å². The third-order valence-corrected chi connectivity index (χ3v) is 5.30. The largest absolute Gasteiger partial charge is 0.383 e. The van der Waals surface area contributed by atoms with Gasteiger partial charge in [-0.3, -0.25) is 4.79 Å². The van der Waals surface area contributed by atoms with Gasteiger partial charge in [-0.15, -0.1) is 0 Å². The summed E-state index contributed by atoms with van der Waals surface area (Å²) in [5.41, 5.74) is 9.27. The molecule has 0 bridgehead atoms. The maximum atomic E-state index is 12.8. The summed E-state index contributed by atoms with van der Waals surface area (Å²) in [6.07, 6.45) is 1.56. The van der Waals surface area contributed by atoms with E-state index in [0.29, 0.717) is 51.0 Å². The maximum absolute atomic E-state index is 12.8. The Bertz CT molecular complexity index is 1320. The van der Waals surface area contributed by atoms with Gasteiger partial charge in [0, 0.05) is 13.7 Å². The van der Waals surface area contributed by atoms with Crippen LogP contribution in [0.25, 0.3) is 22.2 Å². The summed E-state index contributed by atoms with van der Waals surface area (Å²) in [6, 6.07) is 12.5. The SMILES string of the molecule is COCCNC(=O)c1c(N)n(/N=C/c2ccc(Cl)c(Cl)c2)c2nc3ccccc3nc12. The van der Waals surface area contributed by atoms with Gasteiger partial charge in [-0.2, -0.15) is 9.78 Å². The van der Waals surface area contributed by atoms with Crippen LogP contribution in [0.5, 0.6) is 0 Å². The minimum atomic E-state index is -0.382. The van der Waals surface area contributed by atoms with Gasteiger partial charge in [0.1, 0.15) is 16.9 Å². The number of nitrogens with two attached hydrogens (primary N) is 1. The molecular formula is C21H18Cl2N6O2. The number of aromatic nitrogens is 3. The van der Waals surface area contributed by atoms with E-state index in [1.807, 2.05) is 24.3 Å². The number of nitrogen functional groups attached to an aromatic ring is 1. The Balaban J connectivity index is 1.86. The summed E-state index contributed by atoms with van der Waals surface area (Å²) in [7, 11) is 1.56. The number of anilines is 1. The Morgan fingerprint density at radius 2 is 1.94 bits per heavy atom. The Morgan fingerprint density at radius 3 is 2.65 bits per heavy atom. The van der Waals surface area contributed by atoms with E-state index in [-0.39, 0.29) is 17.3 Å². The molecule has 3 N–H and O–H groups in total. The molecule has 2 heterocycles.